The zero-order chi connectivity index (χ0) is 25.8. The van der Waals surface area contributed by atoms with Gasteiger partial charge in [-0.2, -0.15) is 10.2 Å². The number of nitrogens with zero attached hydrogens (tertiary/aromatic N) is 3. The predicted molar refractivity (Wildman–Crippen MR) is 132 cm³/mol. The molecule has 0 unspecified atom stereocenters. The summed E-state index contributed by atoms with van der Waals surface area (Å²) < 4.78 is 5.80. The molecule has 10 heteroatoms. The fourth-order valence-corrected chi connectivity index (χ4v) is 4.20. The quantitative estimate of drug-likeness (QED) is 0.306. The number of benzene rings is 1. The van der Waals surface area contributed by atoms with Crippen LogP contribution in [0.15, 0.2) is 34.7 Å². The van der Waals surface area contributed by atoms with E-state index in [0.717, 1.165) is 10.5 Å². The summed E-state index contributed by atoms with van der Waals surface area (Å²) in [6, 6.07) is 8.79. The minimum absolute atomic E-state index is 0.0112. The molecule has 4 amide bonds. The number of urea groups is 2. The van der Waals surface area contributed by atoms with Crippen molar-refractivity contribution in [3.63, 3.8) is 0 Å². The maximum Gasteiger partial charge on any atom is 0.331 e. The molecule has 0 saturated carbocycles. The van der Waals surface area contributed by atoms with Crippen LogP contribution in [-0.4, -0.2) is 40.3 Å². The molecule has 3 aromatic rings. The third-order valence-corrected chi connectivity index (χ3v) is 5.84. The summed E-state index contributed by atoms with van der Waals surface area (Å²) in [5.41, 5.74) is 3.01. The molecule has 4 N–H and O–H groups in total. The lowest BCUT2D eigenvalue weighted by atomic mass is 9.98. The van der Waals surface area contributed by atoms with Crippen molar-refractivity contribution >= 4 is 17.9 Å². The highest BCUT2D eigenvalue weighted by Crippen LogP contribution is 2.45. The number of amides is 4. The van der Waals surface area contributed by atoms with E-state index in [-0.39, 0.29) is 23.7 Å². The first-order chi connectivity index (χ1) is 17.4. The van der Waals surface area contributed by atoms with E-state index in [1.807, 2.05) is 13.8 Å². The monoisotopic (exact) mass is 489 g/mol. The molecule has 0 fully saturated rings. The molecular formula is C26H27N5O5. The average molecular weight is 490 g/mol. The van der Waals surface area contributed by atoms with E-state index in [9.17, 15) is 25.1 Å². The molecule has 0 atom stereocenters. The van der Waals surface area contributed by atoms with Crippen molar-refractivity contribution in [3.05, 3.63) is 52.8 Å². The van der Waals surface area contributed by atoms with E-state index >= 15 is 0 Å². The number of imide groups is 1. The van der Waals surface area contributed by atoms with Gasteiger partial charge in [0.25, 0.3) is 0 Å². The number of hydrogen-bond donors (Lipinski definition) is 4. The Morgan fingerprint density at radius 3 is 2.42 bits per heavy atom. The molecule has 0 bridgehead atoms. The van der Waals surface area contributed by atoms with Crippen LogP contribution in [0.2, 0.25) is 0 Å². The molecule has 36 heavy (non-hydrogen) atoms. The van der Waals surface area contributed by atoms with Gasteiger partial charge in [-0.15, -0.1) is 0 Å². The lowest BCUT2D eigenvalue weighted by molar-refractivity contribution is 0.234. The van der Waals surface area contributed by atoms with Gasteiger partial charge in [0.05, 0.1) is 5.69 Å². The summed E-state index contributed by atoms with van der Waals surface area (Å²) in [7, 11) is 0. The second-order valence-corrected chi connectivity index (χ2v) is 8.37. The number of aromatic hydroxyl groups is 1. The van der Waals surface area contributed by atoms with Crippen LogP contribution in [-0.2, 0) is 13.0 Å². The second-order valence-electron chi connectivity index (χ2n) is 8.37. The first kappa shape index (κ1) is 24.8. The Balaban J connectivity index is 1.99. The van der Waals surface area contributed by atoms with Crippen molar-refractivity contribution in [1.29, 1.82) is 5.26 Å². The van der Waals surface area contributed by atoms with Gasteiger partial charge in [0, 0.05) is 30.6 Å². The number of rotatable bonds is 7. The number of furan rings is 1. The molecule has 186 valence electrons. The van der Waals surface area contributed by atoms with Crippen molar-refractivity contribution in [2.75, 3.05) is 18.0 Å². The number of phenolic OH excluding ortho intramolecular Hbond substituents is 1. The Labute approximate surface area is 208 Å². The highest BCUT2D eigenvalue weighted by atomic mass is 16.4. The Kier molecular flexibility index (Phi) is 7.22. The number of carbonyl (C=O) groups is 2. The van der Waals surface area contributed by atoms with Gasteiger partial charge >= 0.3 is 12.1 Å². The molecule has 0 radical (unpaired) electrons. The Hall–Kier alpha value is -4.36. The molecule has 1 aliphatic carbocycles. The number of anilines is 1. The summed E-state index contributed by atoms with van der Waals surface area (Å²) >= 11 is 0. The minimum Gasteiger partial charge on any atom is -0.508 e. The van der Waals surface area contributed by atoms with Crippen molar-refractivity contribution < 1.29 is 24.2 Å². The van der Waals surface area contributed by atoms with Crippen LogP contribution in [0, 0.1) is 11.3 Å². The highest BCUT2D eigenvalue weighted by Gasteiger charge is 2.35. The van der Waals surface area contributed by atoms with E-state index in [1.165, 1.54) is 6.07 Å². The Morgan fingerprint density at radius 1 is 1.14 bits per heavy atom. The molecule has 1 aliphatic rings. The highest BCUT2D eigenvalue weighted by molar-refractivity contribution is 6.14. The van der Waals surface area contributed by atoms with E-state index in [4.69, 9.17) is 4.42 Å². The minimum atomic E-state index is -0.709. The van der Waals surface area contributed by atoms with Crippen LogP contribution >= 0.6 is 0 Å². The number of phenols is 1. The number of hydrogen-bond acceptors (Lipinski definition) is 7. The fraction of sp³-hybridized carbons (Fsp3) is 0.308. The van der Waals surface area contributed by atoms with E-state index in [1.54, 1.807) is 24.3 Å². The van der Waals surface area contributed by atoms with Crippen LogP contribution in [0.4, 0.5) is 15.4 Å². The largest absolute Gasteiger partial charge is 0.508 e. The summed E-state index contributed by atoms with van der Waals surface area (Å²) in [5.74, 6) is 0.558. The van der Waals surface area contributed by atoms with E-state index < -0.39 is 12.1 Å². The van der Waals surface area contributed by atoms with Crippen LogP contribution in [0.3, 0.4) is 0 Å². The summed E-state index contributed by atoms with van der Waals surface area (Å²) in [4.78, 5) is 31.9. The SMILES string of the molecule is CCCNC(=O)N(C(=O)NCCC)c1nc2c(c(-c3ccc(CO)o3)c1C#N)Cc1cc(O)ccc1-2. The van der Waals surface area contributed by atoms with Crippen molar-refractivity contribution in [3.8, 4) is 34.4 Å². The Bertz CT molecular complexity index is 1340. The summed E-state index contributed by atoms with van der Waals surface area (Å²) in [6.45, 7) is 4.10. The maximum absolute atomic E-state index is 13.2. The standard InChI is InChI=1S/C26H27N5O5/c1-3-9-28-25(34)31(26(35)29-10-4-2)24-20(13-27)22(21-8-6-17(14-32)36-21)19-12-15-11-16(33)5-7-18(15)23(19)30-24/h5-8,11,32-33H,3-4,9-10,12,14H2,1-2H3,(H,28,34)(H,29,35). The lowest BCUT2D eigenvalue weighted by Crippen LogP contribution is -2.50. The molecule has 10 nitrogen and oxygen atoms in total. The van der Waals surface area contributed by atoms with Crippen LogP contribution in [0.25, 0.3) is 22.6 Å². The van der Waals surface area contributed by atoms with Gasteiger partial charge in [-0.25, -0.2) is 14.6 Å². The molecule has 0 saturated heterocycles. The third-order valence-electron chi connectivity index (χ3n) is 5.84. The molecular weight excluding hydrogens is 462 g/mol. The average Bonchev–Trinajstić information content (AvgIpc) is 3.49. The first-order valence-electron chi connectivity index (χ1n) is 11.8. The van der Waals surface area contributed by atoms with Crippen molar-refractivity contribution in [2.45, 2.75) is 39.7 Å². The van der Waals surface area contributed by atoms with Crippen LogP contribution in [0.1, 0.15) is 49.1 Å². The number of aromatic nitrogens is 1. The molecule has 2 heterocycles. The smallest absolute Gasteiger partial charge is 0.331 e. The van der Waals surface area contributed by atoms with Gasteiger partial charge in [0.1, 0.15) is 35.5 Å². The van der Waals surface area contributed by atoms with Crippen molar-refractivity contribution in [1.82, 2.24) is 15.6 Å². The van der Waals surface area contributed by atoms with E-state index in [2.05, 4.69) is 21.7 Å². The summed E-state index contributed by atoms with van der Waals surface area (Å²) in [5, 5.41) is 35.2. The predicted octanol–water partition coefficient (Wildman–Crippen LogP) is 4.03. The van der Waals surface area contributed by atoms with Gasteiger partial charge in [-0.05, 0) is 54.3 Å². The molecule has 2 aromatic heterocycles. The normalized spacial score (nSPS) is 11.4. The molecule has 4 rings (SSSR count). The van der Waals surface area contributed by atoms with Crippen molar-refractivity contribution in [2.24, 2.45) is 0 Å². The number of nitrogens with one attached hydrogen (secondary N) is 2. The van der Waals surface area contributed by atoms with Crippen LogP contribution < -0.4 is 15.5 Å². The van der Waals surface area contributed by atoms with Gasteiger partial charge < -0.3 is 25.3 Å². The van der Waals surface area contributed by atoms with Gasteiger partial charge in [-0.3, -0.25) is 0 Å². The fourth-order valence-electron chi connectivity index (χ4n) is 4.20. The molecule has 0 spiro atoms. The number of pyridine rings is 1. The molecule has 0 aliphatic heterocycles. The van der Waals surface area contributed by atoms with Gasteiger partial charge in [0.2, 0.25) is 0 Å². The maximum atomic E-state index is 13.2. The molecule has 1 aromatic carbocycles. The topological polar surface area (TPSA) is 152 Å². The second kappa shape index (κ2) is 10.5. The number of fused-ring (bicyclic) bond motifs is 3. The van der Waals surface area contributed by atoms with E-state index in [0.29, 0.717) is 66.3 Å². The number of aliphatic hydroxyl groups excluding tert-OH is 1. The first-order valence-corrected chi connectivity index (χ1v) is 11.8. The van der Waals surface area contributed by atoms with Crippen LogP contribution in [0.5, 0.6) is 5.75 Å². The number of nitriles is 1. The summed E-state index contributed by atoms with van der Waals surface area (Å²) in [6.07, 6.45) is 1.66. The zero-order valence-corrected chi connectivity index (χ0v) is 20.1. The lowest BCUT2D eigenvalue weighted by Gasteiger charge is -2.23. The number of aliphatic hydroxyl groups is 1. The van der Waals surface area contributed by atoms with Gasteiger partial charge in [-0.1, -0.05) is 13.8 Å². The number of carbonyl (C=O) groups excluding carboxylic acids is 2. The van der Waals surface area contributed by atoms with Gasteiger partial charge in [0.15, 0.2) is 5.82 Å². The zero-order valence-electron chi connectivity index (χ0n) is 20.1. The third kappa shape index (κ3) is 4.48. The Morgan fingerprint density at radius 2 is 1.83 bits per heavy atom.